The van der Waals surface area contributed by atoms with Crippen LogP contribution in [0.1, 0.15) is 75.3 Å². The predicted molar refractivity (Wildman–Crippen MR) is 160 cm³/mol. The Bertz CT molecular complexity index is 1670. The number of rotatable bonds is 5. The standard InChI is InChI=1S/C35H34N4O4/c40-31-10-9-30(33(41)37-31)39-20-28-26(34(39)42)7-8-29-32(28)43-21-35(29)11-14-38(15-12-35)19-23-3-4-24-5-6-25(27(24)17-23)16-22-2-1-13-36-18-22/h1-8,13,17-18,25,30H,9-12,14-16,19-21H2,(H,37,40,41). The highest BCUT2D eigenvalue weighted by atomic mass is 16.5. The van der Waals surface area contributed by atoms with Crippen molar-refractivity contribution in [3.63, 3.8) is 0 Å². The summed E-state index contributed by atoms with van der Waals surface area (Å²) in [6.45, 7) is 3.86. The number of hydrogen-bond acceptors (Lipinski definition) is 6. The van der Waals surface area contributed by atoms with E-state index in [0.717, 1.165) is 50.2 Å². The summed E-state index contributed by atoms with van der Waals surface area (Å²) in [6.07, 6.45) is 11.9. The zero-order chi connectivity index (χ0) is 29.1. The Hall–Kier alpha value is -4.30. The van der Waals surface area contributed by atoms with Gasteiger partial charge >= 0.3 is 0 Å². The molecule has 0 saturated carbocycles. The number of carbonyl (C=O) groups is 3. The van der Waals surface area contributed by atoms with E-state index < -0.39 is 6.04 Å². The maximum absolute atomic E-state index is 13.3. The molecule has 1 spiro atoms. The van der Waals surface area contributed by atoms with E-state index in [-0.39, 0.29) is 29.6 Å². The number of likely N-dealkylation sites (tertiary alicyclic amines) is 1. The smallest absolute Gasteiger partial charge is 0.255 e. The fourth-order valence-corrected chi connectivity index (χ4v) is 7.76. The average molecular weight is 575 g/mol. The molecular formula is C35H34N4O4. The van der Waals surface area contributed by atoms with Crippen molar-refractivity contribution in [2.75, 3.05) is 19.7 Å². The van der Waals surface area contributed by atoms with E-state index in [1.165, 1.54) is 27.8 Å². The van der Waals surface area contributed by atoms with Crippen molar-refractivity contribution in [3.8, 4) is 5.75 Å². The molecule has 1 aromatic heterocycles. The molecule has 8 heteroatoms. The van der Waals surface area contributed by atoms with E-state index >= 15 is 0 Å². The lowest BCUT2D eigenvalue weighted by molar-refractivity contribution is -0.136. The summed E-state index contributed by atoms with van der Waals surface area (Å²) in [6, 6.07) is 14.5. The Morgan fingerprint density at radius 2 is 1.93 bits per heavy atom. The van der Waals surface area contributed by atoms with Crippen LogP contribution >= 0.6 is 0 Å². The first-order valence-electron chi connectivity index (χ1n) is 15.3. The Balaban J connectivity index is 0.948. The van der Waals surface area contributed by atoms with Gasteiger partial charge in [-0.2, -0.15) is 0 Å². The lowest BCUT2D eigenvalue weighted by atomic mass is 9.74. The number of carbonyl (C=O) groups excluding carboxylic acids is 3. The summed E-state index contributed by atoms with van der Waals surface area (Å²) < 4.78 is 6.36. The van der Waals surface area contributed by atoms with Gasteiger partial charge in [0.15, 0.2) is 0 Å². The molecule has 2 saturated heterocycles. The third-order valence-corrected chi connectivity index (χ3v) is 10.2. The quantitative estimate of drug-likeness (QED) is 0.461. The molecule has 2 aromatic carbocycles. The van der Waals surface area contributed by atoms with E-state index in [9.17, 15) is 14.4 Å². The maximum atomic E-state index is 13.3. The number of nitrogens with one attached hydrogen (secondary N) is 1. The lowest BCUT2D eigenvalue weighted by Gasteiger charge is -2.38. The molecule has 3 amide bonds. The summed E-state index contributed by atoms with van der Waals surface area (Å²) in [5.41, 5.74) is 7.98. The second-order valence-corrected chi connectivity index (χ2v) is 12.7. The molecule has 43 heavy (non-hydrogen) atoms. The third-order valence-electron chi connectivity index (χ3n) is 10.2. The van der Waals surface area contributed by atoms with Crippen LogP contribution in [0.5, 0.6) is 5.75 Å². The lowest BCUT2D eigenvalue weighted by Crippen LogP contribution is -2.52. The molecule has 218 valence electrons. The van der Waals surface area contributed by atoms with Gasteiger partial charge in [0.1, 0.15) is 11.8 Å². The highest BCUT2D eigenvalue weighted by Crippen LogP contribution is 2.49. The molecule has 0 bridgehead atoms. The number of imide groups is 1. The van der Waals surface area contributed by atoms with Crippen molar-refractivity contribution in [2.24, 2.45) is 0 Å². The van der Waals surface area contributed by atoms with Crippen LogP contribution in [0.3, 0.4) is 0 Å². The van der Waals surface area contributed by atoms with Gasteiger partial charge in [-0.15, -0.1) is 0 Å². The Kier molecular flexibility index (Phi) is 6.22. The third kappa shape index (κ3) is 4.47. The Morgan fingerprint density at radius 3 is 2.74 bits per heavy atom. The van der Waals surface area contributed by atoms with Crippen molar-refractivity contribution in [3.05, 3.63) is 99.9 Å². The van der Waals surface area contributed by atoms with E-state index in [1.54, 1.807) is 4.90 Å². The Labute approximate surface area is 250 Å². The maximum Gasteiger partial charge on any atom is 0.255 e. The van der Waals surface area contributed by atoms with Gasteiger partial charge in [0.25, 0.3) is 5.91 Å². The molecule has 8 nitrogen and oxygen atoms in total. The SMILES string of the molecule is O=C1CCC(N2Cc3c(ccc4c3OCC43CCN(Cc4ccc5c(c4)C(Cc4cccnc4)C=C5)CC3)C2=O)C(=O)N1. The molecule has 5 heterocycles. The van der Waals surface area contributed by atoms with Crippen LogP contribution in [0.25, 0.3) is 6.08 Å². The minimum atomic E-state index is -0.618. The number of piperidine rings is 2. The summed E-state index contributed by atoms with van der Waals surface area (Å²) in [4.78, 5) is 45.9. The zero-order valence-electron chi connectivity index (χ0n) is 24.1. The molecule has 2 fully saturated rings. The molecule has 4 aliphatic heterocycles. The summed E-state index contributed by atoms with van der Waals surface area (Å²) >= 11 is 0. The van der Waals surface area contributed by atoms with Gasteiger partial charge in [0.2, 0.25) is 11.8 Å². The van der Waals surface area contributed by atoms with Gasteiger partial charge in [0, 0.05) is 53.4 Å². The van der Waals surface area contributed by atoms with Crippen molar-refractivity contribution in [1.29, 1.82) is 0 Å². The predicted octanol–water partition coefficient (Wildman–Crippen LogP) is 4.12. The summed E-state index contributed by atoms with van der Waals surface area (Å²) in [5.74, 6) is 0.401. The topological polar surface area (TPSA) is 91.8 Å². The molecule has 1 aliphatic carbocycles. The summed E-state index contributed by atoms with van der Waals surface area (Å²) in [7, 11) is 0. The second kappa shape index (κ2) is 10.2. The Morgan fingerprint density at radius 1 is 1.05 bits per heavy atom. The fourth-order valence-electron chi connectivity index (χ4n) is 7.76. The van der Waals surface area contributed by atoms with Crippen LogP contribution in [0, 0.1) is 0 Å². The molecular weight excluding hydrogens is 540 g/mol. The van der Waals surface area contributed by atoms with Gasteiger partial charge in [0.05, 0.1) is 13.2 Å². The first-order chi connectivity index (χ1) is 21.0. The molecule has 2 unspecified atom stereocenters. The van der Waals surface area contributed by atoms with Crippen LogP contribution < -0.4 is 10.1 Å². The molecule has 8 rings (SSSR count). The monoisotopic (exact) mass is 574 g/mol. The number of ether oxygens (including phenoxy) is 1. The van der Waals surface area contributed by atoms with Crippen molar-refractivity contribution < 1.29 is 19.1 Å². The van der Waals surface area contributed by atoms with E-state index in [0.29, 0.717) is 31.1 Å². The number of aromatic nitrogens is 1. The number of nitrogens with zero attached hydrogens (tertiary/aromatic N) is 3. The fraction of sp³-hybridized carbons (Fsp3) is 0.371. The van der Waals surface area contributed by atoms with E-state index in [4.69, 9.17) is 4.74 Å². The van der Waals surface area contributed by atoms with Crippen LogP contribution in [-0.2, 0) is 34.5 Å². The van der Waals surface area contributed by atoms with Crippen molar-refractivity contribution in [2.45, 2.75) is 62.6 Å². The number of hydrogen-bond donors (Lipinski definition) is 1. The van der Waals surface area contributed by atoms with Crippen LogP contribution in [0.2, 0.25) is 0 Å². The molecule has 1 N–H and O–H groups in total. The van der Waals surface area contributed by atoms with Gasteiger partial charge in [-0.25, -0.2) is 0 Å². The van der Waals surface area contributed by atoms with Crippen LogP contribution in [0.4, 0.5) is 0 Å². The van der Waals surface area contributed by atoms with Crippen molar-refractivity contribution in [1.82, 2.24) is 20.1 Å². The molecule has 3 aromatic rings. The largest absolute Gasteiger partial charge is 0.492 e. The summed E-state index contributed by atoms with van der Waals surface area (Å²) in [5, 5.41) is 2.38. The minimum Gasteiger partial charge on any atom is -0.492 e. The van der Waals surface area contributed by atoms with Crippen molar-refractivity contribution >= 4 is 23.8 Å². The highest BCUT2D eigenvalue weighted by molar-refractivity contribution is 6.05. The van der Waals surface area contributed by atoms with E-state index in [2.05, 4.69) is 57.7 Å². The first kappa shape index (κ1) is 26.3. The minimum absolute atomic E-state index is 0.0529. The van der Waals surface area contributed by atoms with Crippen LogP contribution in [0.15, 0.2) is 60.9 Å². The van der Waals surface area contributed by atoms with E-state index in [1.807, 2.05) is 24.5 Å². The first-order valence-corrected chi connectivity index (χ1v) is 15.3. The zero-order valence-corrected chi connectivity index (χ0v) is 24.1. The average Bonchev–Trinajstić information content (AvgIpc) is 3.69. The number of allylic oxidation sites excluding steroid dienone is 1. The highest BCUT2D eigenvalue weighted by Gasteiger charge is 2.47. The molecule has 5 aliphatic rings. The van der Waals surface area contributed by atoms with Gasteiger partial charge < -0.3 is 9.64 Å². The molecule has 0 radical (unpaired) electrons. The number of pyridine rings is 1. The van der Waals surface area contributed by atoms with Gasteiger partial charge in [-0.05, 0) is 73.2 Å². The van der Waals surface area contributed by atoms with Crippen LogP contribution in [-0.4, -0.2) is 58.2 Å². The number of amides is 3. The van der Waals surface area contributed by atoms with Gasteiger partial charge in [-0.1, -0.05) is 42.5 Å². The number of benzene rings is 2. The number of fused-ring (bicyclic) bond motifs is 5. The van der Waals surface area contributed by atoms with Gasteiger partial charge in [-0.3, -0.25) is 29.6 Å². The molecule has 2 atom stereocenters. The normalized spacial score (nSPS) is 23.7. The second-order valence-electron chi connectivity index (χ2n) is 12.7.